The molecule has 0 spiro atoms. The Balaban J connectivity index is 2.33. The summed E-state index contributed by atoms with van der Waals surface area (Å²) in [5, 5.41) is 0. The summed E-state index contributed by atoms with van der Waals surface area (Å²) in [6, 6.07) is 2.54. The zero-order chi connectivity index (χ0) is 13.5. The molecular weight excluding hydrogens is 306 g/mol. The molecule has 1 aromatic rings. The third kappa shape index (κ3) is 5.00. The summed E-state index contributed by atoms with van der Waals surface area (Å²) in [5.41, 5.74) is -0.0618. The Morgan fingerprint density at radius 1 is 1.17 bits per heavy atom. The van der Waals surface area contributed by atoms with E-state index in [2.05, 4.69) is 15.9 Å². The molecule has 0 saturated carbocycles. The van der Waals surface area contributed by atoms with Crippen molar-refractivity contribution < 1.29 is 18.3 Å². The van der Waals surface area contributed by atoms with Crippen molar-refractivity contribution in [1.29, 1.82) is 0 Å². The van der Waals surface area contributed by atoms with E-state index >= 15 is 0 Å². The van der Waals surface area contributed by atoms with E-state index in [9.17, 15) is 8.78 Å². The van der Waals surface area contributed by atoms with Gasteiger partial charge in [-0.2, -0.15) is 0 Å². The van der Waals surface area contributed by atoms with Gasteiger partial charge in [0, 0.05) is 6.61 Å². The minimum absolute atomic E-state index is 0.0618. The first-order valence-electron chi connectivity index (χ1n) is 5.80. The first-order valence-corrected chi connectivity index (χ1v) is 6.59. The number of rotatable bonds is 7. The molecule has 5 heteroatoms. The highest BCUT2D eigenvalue weighted by molar-refractivity contribution is 9.10. The summed E-state index contributed by atoms with van der Waals surface area (Å²) < 4.78 is 37.6. The fraction of sp³-hybridized carbons (Fsp3) is 0.538. The second kappa shape index (κ2) is 7.81. The Morgan fingerprint density at radius 2 is 1.83 bits per heavy atom. The van der Waals surface area contributed by atoms with E-state index < -0.39 is 11.6 Å². The van der Waals surface area contributed by atoms with Crippen LogP contribution in [0.3, 0.4) is 0 Å². The third-order valence-electron chi connectivity index (χ3n) is 2.21. The van der Waals surface area contributed by atoms with Gasteiger partial charge in [0.25, 0.3) is 0 Å². The zero-order valence-electron chi connectivity index (χ0n) is 10.5. The maximum atomic E-state index is 13.5. The SMILES string of the molecule is CC(C)COCCOCc1c(F)ccc(Br)c1F. The van der Waals surface area contributed by atoms with Gasteiger partial charge < -0.3 is 9.47 Å². The van der Waals surface area contributed by atoms with Gasteiger partial charge in [-0.05, 0) is 34.0 Å². The average Bonchev–Trinajstić information content (AvgIpc) is 2.32. The number of ether oxygens (including phenoxy) is 2. The maximum absolute atomic E-state index is 13.5. The van der Waals surface area contributed by atoms with E-state index in [1.54, 1.807) is 0 Å². The van der Waals surface area contributed by atoms with E-state index in [1.165, 1.54) is 12.1 Å². The van der Waals surface area contributed by atoms with E-state index in [0.29, 0.717) is 25.7 Å². The van der Waals surface area contributed by atoms with E-state index in [-0.39, 0.29) is 16.6 Å². The molecule has 0 amide bonds. The number of hydrogen-bond acceptors (Lipinski definition) is 2. The van der Waals surface area contributed by atoms with Gasteiger partial charge in [0.05, 0.1) is 29.9 Å². The Hall–Kier alpha value is -0.520. The van der Waals surface area contributed by atoms with Crippen molar-refractivity contribution in [3.63, 3.8) is 0 Å². The molecule has 102 valence electrons. The van der Waals surface area contributed by atoms with E-state index in [1.807, 2.05) is 13.8 Å². The van der Waals surface area contributed by atoms with Crippen molar-refractivity contribution in [2.24, 2.45) is 5.92 Å². The fourth-order valence-electron chi connectivity index (χ4n) is 1.31. The van der Waals surface area contributed by atoms with Crippen molar-refractivity contribution in [2.75, 3.05) is 19.8 Å². The minimum atomic E-state index is -0.613. The van der Waals surface area contributed by atoms with Crippen LogP contribution in [-0.4, -0.2) is 19.8 Å². The van der Waals surface area contributed by atoms with Gasteiger partial charge in [-0.1, -0.05) is 13.8 Å². The van der Waals surface area contributed by atoms with Crippen LogP contribution in [0.4, 0.5) is 8.78 Å². The Labute approximate surface area is 114 Å². The largest absolute Gasteiger partial charge is 0.379 e. The second-order valence-corrected chi connectivity index (χ2v) is 5.20. The molecule has 0 aliphatic heterocycles. The summed E-state index contributed by atoms with van der Waals surface area (Å²) in [4.78, 5) is 0. The summed E-state index contributed by atoms with van der Waals surface area (Å²) in [7, 11) is 0. The lowest BCUT2D eigenvalue weighted by Crippen LogP contribution is -2.09. The van der Waals surface area contributed by atoms with Crippen LogP contribution in [0.25, 0.3) is 0 Å². The van der Waals surface area contributed by atoms with Crippen LogP contribution in [0, 0.1) is 17.6 Å². The standard InChI is InChI=1S/C13H17BrF2O2/c1-9(2)7-17-5-6-18-8-10-12(15)4-3-11(14)13(10)16/h3-4,9H,5-8H2,1-2H3. The summed E-state index contributed by atoms with van der Waals surface area (Å²) >= 11 is 3.01. The topological polar surface area (TPSA) is 18.5 Å². The molecule has 0 N–H and O–H groups in total. The molecule has 0 bridgehead atoms. The van der Waals surface area contributed by atoms with Crippen LogP contribution < -0.4 is 0 Å². The van der Waals surface area contributed by atoms with Crippen LogP contribution in [0.15, 0.2) is 16.6 Å². The molecule has 2 nitrogen and oxygen atoms in total. The molecule has 18 heavy (non-hydrogen) atoms. The van der Waals surface area contributed by atoms with Gasteiger partial charge in [0.1, 0.15) is 11.6 Å². The highest BCUT2D eigenvalue weighted by atomic mass is 79.9. The molecule has 0 aliphatic rings. The van der Waals surface area contributed by atoms with Gasteiger partial charge in [-0.3, -0.25) is 0 Å². The van der Waals surface area contributed by atoms with Crippen LogP contribution in [0.5, 0.6) is 0 Å². The molecule has 0 fully saturated rings. The van der Waals surface area contributed by atoms with Gasteiger partial charge in [0.2, 0.25) is 0 Å². The Bertz CT molecular complexity index is 383. The molecule has 0 heterocycles. The first kappa shape index (κ1) is 15.5. The molecule has 1 aromatic carbocycles. The Kier molecular flexibility index (Phi) is 6.75. The summed E-state index contributed by atoms with van der Waals surface area (Å²) in [5.74, 6) is -0.748. The van der Waals surface area contributed by atoms with Gasteiger partial charge in [0.15, 0.2) is 0 Å². The zero-order valence-corrected chi connectivity index (χ0v) is 12.1. The van der Waals surface area contributed by atoms with E-state index in [0.717, 1.165) is 0 Å². The quantitative estimate of drug-likeness (QED) is 0.559. The molecule has 1 rings (SSSR count). The summed E-state index contributed by atoms with van der Waals surface area (Å²) in [6.07, 6.45) is 0. The van der Waals surface area contributed by atoms with Crippen molar-refractivity contribution in [3.8, 4) is 0 Å². The molecule has 0 unspecified atom stereocenters. The minimum Gasteiger partial charge on any atom is -0.379 e. The first-order chi connectivity index (χ1) is 8.52. The van der Waals surface area contributed by atoms with Crippen molar-refractivity contribution >= 4 is 15.9 Å². The summed E-state index contributed by atoms with van der Waals surface area (Å²) in [6.45, 7) is 5.40. The highest BCUT2D eigenvalue weighted by Gasteiger charge is 2.12. The molecule has 0 aliphatic carbocycles. The van der Waals surface area contributed by atoms with Gasteiger partial charge >= 0.3 is 0 Å². The molecule has 0 radical (unpaired) electrons. The monoisotopic (exact) mass is 322 g/mol. The van der Waals surface area contributed by atoms with Crippen molar-refractivity contribution in [2.45, 2.75) is 20.5 Å². The van der Waals surface area contributed by atoms with Crippen LogP contribution in [0.2, 0.25) is 0 Å². The lowest BCUT2D eigenvalue weighted by Gasteiger charge is -2.09. The second-order valence-electron chi connectivity index (χ2n) is 4.34. The lowest BCUT2D eigenvalue weighted by atomic mass is 10.2. The average molecular weight is 323 g/mol. The highest BCUT2D eigenvalue weighted by Crippen LogP contribution is 2.22. The number of halogens is 3. The van der Waals surface area contributed by atoms with Gasteiger partial charge in [-0.25, -0.2) is 8.78 Å². The van der Waals surface area contributed by atoms with E-state index in [4.69, 9.17) is 9.47 Å². The van der Waals surface area contributed by atoms with Gasteiger partial charge in [-0.15, -0.1) is 0 Å². The Morgan fingerprint density at radius 3 is 2.50 bits per heavy atom. The van der Waals surface area contributed by atoms with Crippen LogP contribution >= 0.6 is 15.9 Å². The normalized spacial score (nSPS) is 11.2. The molecular formula is C13H17BrF2O2. The lowest BCUT2D eigenvalue weighted by molar-refractivity contribution is 0.0298. The van der Waals surface area contributed by atoms with Crippen molar-refractivity contribution in [3.05, 3.63) is 33.8 Å². The smallest absolute Gasteiger partial charge is 0.145 e. The van der Waals surface area contributed by atoms with Crippen LogP contribution in [0.1, 0.15) is 19.4 Å². The van der Waals surface area contributed by atoms with Crippen LogP contribution in [-0.2, 0) is 16.1 Å². The van der Waals surface area contributed by atoms with Crippen molar-refractivity contribution in [1.82, 2.24) is 0 Å². The predicted molar refractivity (Wildman–Crippen MR) is 69.4 cm³/mol. The molecule has 0 saturated heterocycles. The number of hydrogen-bond donors (Lipinski definition) is 0. The predicted octanol–water partition coefficient (Wildman–Crippen LogP) is 3.92. The fourth-order valence-corrected chi connectivity index (χ4v) is 1.68. The molecule has 0 atom stereocenters. The third-order valence-corrected chi connectivity index (χ3v) is 2.82. The number of benzene rings is 1. The maximum Gasteiger partial charge on any atom is 0.145 e. The molecule has 0 aromatic heterocycles.